The molecule has 1 spiro atoms. The molecule has 0 radical (unpaired) electrons. The monoisotopic (exact) mass is 434 g/mol. The molecule has 5 heterocycles. The van der Waals surface area contributed by atoms with Crippen molar-refractivity contribution in [2.75, 3.05) is 13.1 Å². The van der Waals surface area contributed by atoms with E-state index in [9.17, 15) is 19.2 Å². The standard InChI is InChI=1S/C22H22N6O4/c29-16-5-4-15(19(30)26-16)28-20(31)13-3-1-2-12(17(13)21(28)32)9-25-14-8-22(10-23-11-22)27-7-6-24-18(14)27/h1-3,6-7,14-15,23,25H,4-5,8-11H2,(H,26,29,30). The van der Waals surface area contributed by atoms with Gasteiger partial charge in [0.2, 0.25) is 11.8 Å². The molecule has 2 fully saturated rings. The van der Waals surface area contributed by atoms with Crippen molar-refractivity contribution in [3.8, 4) is 0 Å². The van der Waals surface area contributed by atoms with Gasteiger partial charge in [-0.15, -0.1) is 0 Å². The second-order valence-corrected chi connectivity index (χ2v) is 8.91. The largest absolute Gasteiger partial charge is 0.325 e. The minimum Gasteiger partial charge on any atom is -0.325 e. The van der Waals surface area contributed by atoms with Crippen LogP contribution in [0.4, 0.5) is 0 Å². The highest BCUT2D eigenvalue weighted by Crippen LogP contribution is 2.41. The van der Waals surface area contributed by atoms with Crippen LogP contribution < -0.4 is 16.0 Å². The maximum atomic E-state index is 13.3. The molecule has 0 saturated carbocycles. The zero-order valence-corrected chi connectivity index (χ0v) is 17.3. The number of benzene rings is 1. The molecular weight excluding hydrogens is 412 g/mol. The third-order valence-electron chi connectivity index (χ3n) is 7.08. The van der Waals surface area contributed by atoms with E-state index in [1.54, 1.807) is 12.1 Å². The van der Waals surface area contributed by atoms with Gasteiger partial charge in [0.25, 0.3) is 11.8 Å². The molecule has 0 aliphatic carbocycles. The second kappa shape index (κ2) is 6.81. The van der Waals surface area contributed by atoms with Gasteiger partial charge in [-0.25, -0.2) is 4.98 Å². The number of carbonyl (C=O) groups excluding carboxylic acids is 4. The third kappa shape index (κ3) is 2.63. The van der Waals surface area contributed by atoms with Crippen LogP contribution in [-0.2, 0) is 21.7 Å². The minimum atomic E-state index is -0.964. The Balaban J connectivity index is 1.25. The molecule has 2 atom stereocenters. The van der Waals surface area contributed by atoms with E-state index in [4.69, 9.17) is 0 Å². The van der Waals surface area contributed by atoms with Gasteiger partial charge in [-0.2, -0.15) is 0 Å². The van der Waals surface area contributed by atoms with Gasteiger partial charge in [0, 0.05) is 38.4 Å². The Hall–Kier alpha value is -3.37. The number of hydrogen-bond donors (Lipinski definition) is 3. The summed E-state index contributed by atoms with van der Waals surface area (Å²) in [7, 11) is 0. The summed E-state index contributed by atoms with van der Waals surface area (Å²) in [6, 6.07) is 4.27. The summed E-state index contributed by atoms with van der Waals surface area (Å²) in [5.41, 5.74) is 1.39. The SMILES string of the molecule is O=C1CCC(N2C(=O)c3cccc(CNC4CC5(CNC5)n5ccnc54)c3C2=O)C(=O)N1. The molecule has 4 aliphatic heterocycles. The Morgan fingerprint density at radius 2 is 2.00 bits per heavy atom. The Labute approximate surface area is 183 Å². The van der Waals surface area contributed by atoms with Crippen molar-refractivity contribution in [2.24, 2.45) is 0 Å². The Morgan fingerprint density at radius 1 is 1.16 bits per heavy atom. The van der Waals surface area contributed by atoms with Gasteiger partial charge in [-0.05, 0) is 24.5 Å². The van der Waals surface area contributed by atoms with E-state index in [0.29, 0.717) is 23.2 Å². The lowest BCUT2D eigenvalue weighted by atomic mass is 9.88. The summed E-state index contributed by atoms with van der Waals surface area (Å²) < 4.78 is 2.23. The van der Waals surface area contributed by atoms with E-state index in [2.05, 4.69) is 25.5 Å². The number of nitrogens with one attached hydrogen (secondary N) is 3. The summed E-state index contributed by atoms with van der Waals surface area (Å²) in [4.78, 5) is 55.6. The maximum absolute atomic E-state index is 13.3. The van der Waals surface area contributed by atoms with E-state index in [1.165, 1.54) is 0 Å². The first-order valence-corrected chi connectivity index (χ1v) is 10.8. The van der Waals surface area contributed by atoms with Crippen molar-refractivity contribution < 1.29 is 19.2 Å². The van der Waals surface area contributed by atoms with Gasteiger partial charge in [0.05, 0.1) is 22.7 Å². The predicted molar refractivity (Wildman–Crippen MR) is 110 cm³/mol. The fourth-order valence-electron chi connectivity index (χ4n) is 5.40. The van der Waals surface area contributed by atoms with Crippen molar-refractivity contribution >= 4 is 23.6 Å². The zero-order chi connectivity index (χ0) is 22.0. The number of aromatic nitrogens is 2. The molecule has 10 heteroatoms. The molecule has 3 N–H and O–H groups in total. The number of nitrogens with zero attached hydrogens (tertiary/aromatic N) is 3. The van der Waals surface area contributed by atoms with Crippen LogP contribution in [0.2, 0.25) is 0 Å². The predicted octanol–water partition coefficient (Wildman–Crippen LogP) is -0.183. The number of amides is 4. The molecule has 164 valence electrons. The van der Waals surface area contributed by atoms with Crippen LogP contribution in [0.1, 0.15) is 57.4 Å². The highest BCUT2D eigenvalue weighted by Gasteiger charge is 2.49. The molecule has 1 aromatic heterocycles. The first-order chi connectivity index (χ1) is 15.5. The van der Waals surface area contributed by atoms with Crippen LogP contribution in [-0.4, -0.2) is 57.2 Å². The molecule has 4 aliphatic rings. The molecule has 2 aromatic rings. The zero-order valence-electron chi connectivity index (χ0n) is 17.3. The summed E-state index contributed by atoms with van der Waals surface area (Å²) in [6.45, 7) is 2.21. The number of rotatable bonds is 4. The summed E-state index contributed by atoms with van der Waals surface area (Å²) >= 11 is 0. The van der Waals surface area contributed by atoms with Gasteiger partial charge < -0.3 is 15.2 Å². The van der Waals surface area contributed by atoms with Crippen molar-refractivity contribution in [2.45, 2.75) is 43.4 Å². The Morgan fingerprint density at radius 3 is 2.75 bits per heavy atom. The van der Waals surface area contributed by atoms with Gasteiger partial charge in [0.15, 0.2) is 0 Å². The fraction of sp³-hybridized carbons (Fsp3) is 0.409. The van der Waals surface area contributed by atoms with Gasteiger partial charge in [0.1, 0.15) is 11.9 Å². The summed E-state index contributed by atoms with van der Waals surface area (Å²) in [5.74, 6) is -0.983. The number of hydrogen-bond acceptors (Lipinski definition) is 7. The first kappa shape index (κ1) is 19.3. The van der Waals surface area contributed by atoms with E-state index in [-0.39, 0.29) is 30.3 Å². The number of imide groups is 2. The van der Waals surface area contributed by atoms with Crippen molar-refractivity contribution in [3.63, 3.8) is 0 Å². The van der Waals surface area contributed by atoms with E-state index < -0.39 is 23.8 Å². The summed E-state index contributed by atoms with van der Waals surface area (Å²) in [5, 5.41) is 9.08. The van der Waals surface area contributed by atoms with Crippen LogP contribution in [0, 0.1) is 0 Å². The van der Waals surface area contributed by atoms with Crippen molar-refractivity contribution in [1.82, 2.24) is 30.4 Å². The molecule has 4 amide bonds. The number of fused-ring (bicyclic) bond motifs is 3. The molecule has 2 saturated heterocycles. The molecular formula is C22H22N6O4. The lowest BCUT2D eigenvalue weighted by Gasteiger charge is -2.41. The molecule has 1 aromatic carbocycles. The Kier molecular flexibility index (Phi) is 4.11. The number of imidazole rings is 1. The van der Waals surface area contributed by atoms with Gasteiger partial charge in [-0.3, -0.25) is 29.4 Å². The third-order valence-corrected chi connectivity index (χ3v) is 7.08. The van der Waals surface area contributed by atoms with Gasteiger partial charge in [-0.1, -0.05) is 12.1 Å². The van der Waals surface area contributed by atoms with E-state index >= 15 is 0 Å². The minimum absolute atomic E-state index is 0.0430. The average molecular weight is 434 g/mol. The lowest BCUT2D eigenvalue weighted by Crippen LogP contribution is -2.58. The number of carbonyl (C=O) groups is 4. The van der Waals surface area contributed by atoms with Gasteiger partial charge >= 0.3 is 0 Å². The molecule has 2 unspecified atom stereocenters. The smallest absolute Gasteiger partial charge is 0.262 e. The Bertz CT molecular complexity index is 1180. The highest BCUT2D eigenvalue weighted by molar-refractivity contribution is 6.24. The van der Waals surface area contributed by atoms with Crippen LogP contribution in [0.25, 0.3) is 0 Å². The molecule has 10 nitrogen and oxygen atoms in total. The topological polar surface area (TPSA) is 125 Å². The van der Waals surface area contributed by atoms with Crippen molar-refractivity contribution in [3.05, 3.63) is 53.1 Å². The van der Waals surface area contributed by atoms with Crippen LogP contribution in [0.15, 0.2) is 30.6 Å². The number of piperidine rings is 1. The second-order valence-electron chi connectivity index (χ2n) is 8.91. The maximum Gasteiger partial charge on any atom is 0.262 e. The van der Waals surface area contributed by atoms with Crippen LogP contribution >= 0.6 is 0 Å². The normalized spacial score (nSPS) is 25.7. The first-order valence-electron chi connectivity index (χ1n) is 10.8. The average Bonchev–Trinajstić information content (AvgIpc) is 3.40. The van der Waals surface area contributed by atoms with Crippen LogP contribution in [0.5, 0.6) is 0 Å². The lowest BCUT2D eigenvalue weighted by molar-refractivity contribution is -0.136. The molecule has 32 heavy (non-hydrogen) atoms. The van der Waals surface area contributed by atoms with E-state index in [0.717, 1.165) is 30.2 Å². The fourth-order valence-corrected chi connectivity index (χ4v) is 5.40. The summed E-state index contributed by atoms with van der Waals surface area (Å²) in [6.07, 6.45) is 4.97. The quantitative estimate of drug-likeness (QED) is 0.570. The van der Waals surface area contributed by atoms with Crippen LogP contribution in [0.3, 0.4) is 0 Å². The molecule has 0 bridgehead atoms. The van der Waals surface area contributed by atoms with E-state index in [1.807, 2.05) is 18.5 Å². The molecule has 6 rings (SSSR count). The van der Waals surface area contributed by atoms with Crippen molar-refractivity contribution in [1.29, 1.82) is 0 Å². The highest BCUT2D eigenvalue weighted by atomic mass is 16.2.